The Labute approximate surface area is 97.8 Å². The van der Waals surface area contributed by atoms with Crippen LogP contribution in [0.2, 0.25) is 0 Å². The van der Waals surface area contributed by atoms with E-state index in [9.17, 15) is 0 Å². The van der Waals surface area contributed by atoms with Gasteiger partial charge in [-0.2, -0.15) is 0 Å². The lowest BCUT2D eigenvalue weighted by Crippen LogP contribution is -2.25. The van der Waals surface area contributed by atoms with Crippen molar-refractivity contribution >= 4 is 33.4 Å². The molecule has 1 N–H and O–H groups in total. The van der Waals surface area contributed by atoms with Gasteiger partial charge in [0.2, 0.25) is 0 Å². The molecular weight excluding hydrogens is 258 g/mol. The van der Waals surface area contributed by atoms with Crippen molar-refractivity contribution in [3.8, 4) is 0 Å². The lowest BCUT2D eigenvalue weighted by atomic mass is 10.1. The van der Waals surface area contributed by atoms with Crippen LogP contribution in [0.25, 0.3) is 0 Å². The van der Waals surface area contributed by atoms with Crippen LogP contribution < -0.4 is 5.32 Å². The number of nitrogens with one attached hydrogen (secondary N) is 1. The van der Waals surface area contributed by atoms with Crippen molar-refractivity contribution in [2.45, 2.75) is 24.0 Å². The minimum absolute atomic E-state index is 0.691. The van der Waals surface area contributed by atoms with Crippen molar-refractivity contribution in [2.75, 3.05) is 11.9 Å². The Bertz CT molecular complexity index is 338. The number of benzene rings is 1. The van der Waals surface area contributed by atoms with Crippen molar-refractivity contribution in [3.63, 3.8) is 0 Å². The summed E-state index contributed by atoms with van der Waals surface area (Å²) in [5, 5.41) is 4.17. The highest BCUT2D eigenvalue weighted by molar-refractivity contribution is 9.10. The van der Waals surface area contributed by atoms with Crippen molar-refractivity contribution in [2.24, 2.45) is 5.92 Å². The topological polar surface area (TPSA) is 12.0 Å². The third-order valence-corrected chi connectivity index (χ3v) is 4.56. The van der Waals surface area contributed by atoms with E-state index in [1.165, 1.54) is 10.6 Å². The minimum Gasteiger partial charge on any atom is -0.383 e. The largest absolute Gasteiger partial charge is 0.383 e. The van der Waals surface area contributed by atoms with E-state index in [4.69, 9.17) is 0 Å². The summed E-state index contributed by atoms with van der Waals surface area (Å²) in [6.07, 6.45) is 0. The van der Waals surface area contributed by atoms with Crippen LogP contribution in [0, 0.1) is 5.92 Å². The lowest BCUT2D eigenvalue weighted by Gasteiger charge is -2.28. The second kappa shape index (κ2) is 4.15. The molecule has 1 unspecified atom stereocenters. The summed E-state index contributed by atoms with van der Waals surface area (Å²) >= 11 is 5.49. The van der Waals surface area contributed by atoms with Gasteiger partial charge in [0.15, 0.2) is 0 Å². The molecule has 1 aliphatic rings. The van der Waals surface area contributed by atoms with Gasteiger partial charge in [-0.1, -0.05) is 29.8 Å². The molecule has 2 rings (SSSR count). The van der Waals surface area contributed by atoms with E-state index >= 15 is 0 Å². The summed E-state index contributed by atoms with van der Waals surface area (Å²) in [7, 11) is 0. The average molecular weight is 272 g/mol. The van der Waals surface area contributed by atoms with Crippen LogP contribution in [0.5, 0.6) is 0 Å². The molecule has 0 amide bonds. The van der Waals surface area contributed by atoms with Gasteiger partial charge in [-0.3, -0.25) is 0 Å². The first-order valence-corrected chi connectivity index (χ1v) is 6.54. The third-order valence-electron chi connectivity index (χ3n) is 2.46. The molecule has 1 heterocycles. The van der Waals surface area contributed by atoms with Gasteiger partial charge in [0.1, 0.15) is 0 Å². The highest BCUT2D eigenvalue weighted by Gasteiger charge is 2.21. The predicted molar refractivity (Wildman–Crippen MR) is 67.1 cm³/mol. The molecule has 0 bridgehead atoms. The monoisotopic (exact) mass is 271 g/mol. The lowest BCUT2D eigenvalue weighted by molar-refractivity contribution is 0.620. The second-order valence-electron chi connectivity index (χ2n) is 3.92. The van der Waals surface area contributed by atoms with Gasteiger partial charge < -0.3 is 5.32 Å². The molecule has 0 fully saturated rings. The maximum Gasteiger partial charge on any atom is 0.0479 e. The maximum atomic E-state index is 3.51. The Kier molecular flexibility index (Phi) is 3.07. The Morgan fingerprint density at radius 2 is 2.29 bits per heavy atom. The summed E-state index contributed by atoms with van der Waals surface area (Å²) in [4.78, 5) is 1.37. The smallest absolute Gasteiger partial charge is 0.0479 e. The molecule has 1 aromatic carbocycles. The quantitative estimate of drug-likeness (QED) is 0.829. The molecule has 14 heavy (non-hydrogen) atoms. The van der Waals surface area contributed by atoms with Crippen LogP contribution in [0.4, 0.5) is 5.69 Å². The number of fused-ring (bicyclic) bond motifs is 1. The fourth-order valence-corrected chi connectivity index (χ4v) is 3.27. The normalized spacial score (nSPS) is 20.4. The summed E-state index contributed by atoms with van der Waals surface area (Å²) in [5.74, 6) is 0.722. The first-order chi connectivity index (χ1) is 6.66. The summed E-state index contributed by atoms with van der Waals surface area (Å²) in [6, 6.07) is 6.42. The van der Waals surface area contributed by atoms with Crippen molar-refractivity contribution < 1.29 is 0 Å². The molecule has 0 spiro atoms. The van der Waals surface area contributed by atoms with E-state index < -0.39 is 0 Å². The number of thioether (sulfide) groups is 1. The molecule has 0 saturated heterocycles. The summed E-state index contributed by atoms with van der Waals surface area (Å²) in [6.45, 7) is 5.64. The molecule has 76 valence electrons. The standard InChI is InChI=1S/C11H14BrNS/c1-7(2)11-6-13-9-4-3-8(12)5-10(9)14-11/h3-5,7,11,13H,6H2,1-2H3. The average Bonchev–Trinajstić information content (AvgIpc) is 2.16. The number of rotatable bonds is 1. The molecule has 0 aliphatic carbocycles. The van der Waals surface area contributed by atoms with Crippen LogP contribution in [-0.2, 0) is 0 Å². The SMILES string of the molecule is CC(C)C1CNc2ccc(Br)cc2S1. The first kappa shape index (κ1) is 10.4. The molecule has 0 saturated carbocycles. The van der Waals surface area contributed by atoms with Crippen LogP contribution in [0.15, 0.2) is 27.6 Å². The highest BCUT2D eigenvalue weighted by atomic mass is 79.9. The molecule has 0 aromatic heterocycles. The Morgan fingerprint density at radius 1 is 1.50 bits per heavy atom. The molecule has 1 aliphatic heterocycles. The van der Waals surface area contributed by atoms with Gasteiger partial charge in [-0.05, 0) is 24.1 Å². The minimum atomic E-state index is 0.691. The Hall–Kier alpha value is -0.150. The number of halogens is 1. The van der Waals surface area contributed by atoms with E-state index in [1.807, 2.05) is 11.8 Å². The van der Waals surface area contributed by atoms with Gasteiger partial charge >= 0.3 is 0 Å². The fraction of sp³-hybridized carbons (Fsp3) is 0.455. The third kappa shape index (κ3) is 2.09. The summed E-state index contributed by atoms with van der Waals surface area (Å²) < 4.78 is 1.16. The molecule has 0 radical (unpaired) electrons. The zero-order valence-corrected chi connectivity index (χ0v) is 10.8. The molecule has 1 nitrogen and oxygen atoms in total. The second-order valence-corrected chi connectivity index (χ2v) is 6.12. The van der Waals surface area contributed by atoms with Crippen molar-refractivity contribution in [3.05, 3.63) is 22.7 Å². The van der Waals surface area contributed by atoms with E-state index in [0.29, 0.717) is 5.25 Å². The number of hydrogen-bond acceptors (Lipinski definition) is 2. The van der Waals surface area contributed by atoms with Crippen molar-refractivity contribution in [1.82, 2.24) is 0 Å². The van der Waals surface area contributed by atoms with Gasteiger partial charge in [0.05, 0.1) is 0 Å². The highest BCUT2D eigenvalue weighted by Crippen LogP contribution is 2.38. The van der Waals surface area contributed by atoms with Gasteiger partial charge in [-0.15, -0.1) is 11.8 Å². The number of anilines is 1. The first-order valence-electron chi connectivity index (χ1n) is 4.87. The van der Waals surface area contributed by atoms with Crippen molar-refractivity contribution in [1.29, 1.82) is 0 Å². The van der Waals surface area contributed by atoms with Gasteiger partial charge in [-0.25, -0.2) is 0 Å². The Balaban J connectivity index is 2.24. The molecular formula is C11H14BrNS. The zero-order valence-electron chi connectivity index (χ0n) is 8.38. The molecule has 1 aromatic rings. The van der Waals surface area contributed by atoms with Crippen LogP contribution in [0.1, 0.15) is 13.8 Å². The maximum absolute atomic E-state index is 3.51. The molecule has 3 heteroatoms. The predicted octanol–water partition coefficient (Wildman–Crippen LogP) is 3.99. The molecule has 1 atom stereocenters. The van der Waals surface area contributed by atoms with E-state index in [1.54, 1.807) is 0 Å². The van der Waals surface area contributed by atoms with Gasteiger partial charge in [0.25, 0.3) is 0 Å². The van der Waals surface area contributed by atoms with E-state index in [-0.39, 0.29) is 0 Å². The van der Waals surface area contributed by atoms with Crippen LogP contribution in [-0.4, -0.2) is 11.8 Å². The van der Waals surface area contributed by atoms with Gasteiger partial charge in [0, 0.05) is 26.9 Å². The zero-order chi connectivity index (χ0) is 10.1. The van der Waals surface area contributed by atoms with Crippen LogP contribution in [0.3, 0.4) is 0 Å². The van der Waals surface area contributed by atoms with E-state index in [2.05, 4.69) is 53.3 Å². The fourth-order valence-electron chi connectivity index (χ4n) is 1.53. The van der Waals surface area contributed by atoms with Crippen LogP contribution >= 0.6 is 27.7 Å². The summed E-state index contributed by atoms with van der Waals surface area (Å²) in [5.41, 5.74) is 1.27. The van der Waals surface area contributed by atoms with E-state index in [0.717, 1.165) is 16.9 Å². The Morgan fingerprint density at radius 3 is 3.00 bits per heavy atom. The number of hydrogen-bond donors (Lipinski definition) is 1.